The first-order chi connectivity index (χ1) is 8.69. The van der Waals surface area contributed by atoms with E-state index in [0.29, 0.717) is 17.1 Å². The van der Waals surface area contributed by atoms with Crippen LogP contribution in [0.1, 0.15) is 15.9 Å². The zero-order chi connectivity index (χ0) is 13.0. The lowest BCUT2D eigenvalue weighted by atomic mass is 10.2. The number of nitriles is 1. The molecule has 0 saturated carbocycles. The van der Waals surface area contributed by atoms with E-state index in [9.17, 15) is 4.79 Å². The van der Waals surface area contributed by atoms with Gasteiger partial charge in [-0.05, 0) is 24.3 Å². The van der Waals surface area contributed by atoms with Gasteiger partial charge in [-0.2, -0.15) is 5.26 Å². The van der Waals surface area contributed by atoms with E-state index in [0.717, 1.165) is 0 Å². The molecule has 0 unspecified atom stereocenters. The van der Waals surface area contributed by atoms with Gasteiger partial charge in [0, 0.05) is 6.20 Å². The third-order valence-electron chi connectivity index (χ3n) is 2.16. The van der Waals surface area contributed by atoms with E-state index in [1.807, 2.05) is 6.07 Å². The highest BCUT2D eigenvalue weighted by Crippen LogP contribution is 2.22. The van der Waals surface area contributed by atoms with Crippen LogP contribution in [0, 0.1) is 11.3 Å². The number of nitrogens with zero attached hydrogens (tertiary/aromatic N) is 2. The van der Waals surface area contributed by atoms with Crippen LogP contribution < -0.4 is 4.74 Å². The van der Waals surface area contributed by atoms with Crippen LogP contribution in [0.4, 0.5) is 0 Å². The van der Waals surface area contributed by atoms with Crippen molar-refractivity contribution in [2.24, 2.45) is 0 Å². The van der Waals surface area contributed by atoms with Crippen LogP contribution in [0.2, 0.25) is 0 Å². The molecule has 0 bridgehead atoms. The molecule has 1 aromatic heterocycles. The van der Waals surface area contributed by atoms with Crippen LogP contribution in [0.5, 0.6) is 11.5 Å². The molecule has 88 valence electrons. The van der Waals surface area contributed by atoms with Crippen molar-refractivity contribution in [2.45, 2.75) is 0 Å². The van der Waals surface area contributed by atoms with Crippen molar-refractivity contribution < 1.29 is 14.6 Å². The molecule has 0 amide bonds. The van der Waals surface area contributed by atoms with Crippen molar-refractivity contribution in [2.75, 3.05) is 0 Å². The molecule has 1 aromatic carbocycles. The van der Waals surface area contributed by atoms with Crippen LogP contribution in [-0.2, 0) is 0 Å². The van der Waals surface area contributed by atoms with E-state index in [4.69, 9.17) is 15.1 Å². The van der Waals surface area contributed by atoms with Crippen LogP contribution in [0.15, 0.2) is 42.7 Å². The number of rotatable bonds is 3. The van der Waals surface area contributed by atoms with Gasteiger partial charge in [-0.3, -0.25) is 4.98 Å². The Morgan fingerprint density at radius 2 is 2.11 bits per heavy atom. The summed E-state index contributed by atoms with van der Waals surface area (Å²) >= 11 is 0. The van der Waals surface area contributed by atoms with Gasteiger partial charge in [0.2, 0.25) is 0 Å². The third-order valence-corrected chi connectivity index (χ3v) is 2.16. The number of pyridine rings is 1. The molecule has 0 saturated heterocycles. The molecule has 0 radical (unpaired) electrons. The molecule has 0 aliphatic heterocycles. The maximum absolute atomic E-state index is 10.8. The van der Waals surface area contributed by atoms with E-state index in [1.54, 1.807) is 24.3 Å². The van der Waals surface area contributed by atoms with Gasteiger partial charge in [0.05, 0.1) is 23.4 Å². The lowest BCUT2D eigenvalue weighted by Crippen LogP contribution is -1.97. The monoisotopic (exact) mass is 240 g/mol. The Morgan fingerprint density at radius 1 is 1.28 bits per heavy atom. The van der Waals surface area contributed by atoms with Crippen LogP contribution >= 0.6 is 0 Å². The van der Waals surface area contributed by atoms with E-state index in [2.05, 4.69) is 4.98 Å². The summed E-state index contributed by atoms with van der Waals surface area (Å²) in [5.41, 5.74) is 0.513. The summed E-state index contributed by atoms with van der Waals surface area (Å²) in [6, 6.07) is 9.93. The Labute approximate surface area is 103 Å². The molecule has 0 aliphatic carbocycles. The molecule has 0 spiro atoms. The fourth-order valence-corrected chi connectivity index (χ4v) is 1.36. The minimum absolute atomic E-state index is 0.0453. The van der Waals surface area contributed by atoms with Gasteiger partial charge in [-0.25, -0.2) is 4.79 Å². The Hall–Kier alpha value is -2.87. The first kappa shape index (κ1) is 11.6. The second kappa shape index (κ2) is 4.97. The fourth-order valence-electron chi connectivity index (χ4n) is 1.36. The molecule has 2 aromatic rings. The molecule has 0 fully saturated rings. The largest absolute Gasteiger partial charge is 0.478 e. The van der Waals surface area contributed by atoms with E-state index >= 15 is 0 Å². The molecule has 2 rings (SSSR count). The number of aromatic nitrogens is 1. The lowest BCUT2D eigenvalue weighted by Gasteiger charge is -2.05. The van der Waals surface area contributed by atoms with Gasteiger partial charge in [0.1, 0.15) is 11.5 Å². The summed E-state index contributed by atoms with van der Waals surface area (Å²) in [7, 11) is 0. The number of aromatic carboxylic acids is 1. The summed E-state index contributed by atoms with van der Waals surface area (Å²) in [6.07, 6.45) is 2.65. The van der Waals surface area contributed by atoms with E-state index in [1.165, 1.54) is 18.5 Å². The SMILES string of the molecule is N#Cc1cccc(Oc2cncc(C(=O)O)c2)c1. The van der Waals surface area contributed by atoms with Crippen LogP contribution in [0.25, 0.3) is 0 Å². The van der Waals surface area contributed by atoms with Gasteiger partial charge >= 0.3 is 5.97 Å². The highest BCUT2D eigenvalue weighted by Gasteiger charge is 2.05. The zero-order valence-corrected chi connectivity index (χ0v) is 9.20. The summed E-state index contributed by atoms with van der Waals surface area (Å²) in [4.78, 5) is 14.5. The quantitative estimate of drug-likeness (QED) is 0.890. The summed E-state index contributed by atoms with van der Waals surface area (Å²) in [5, 5.41) is 17.6. The number of carboxylic acids is 1. The molecule has 0 aliphatic rings. The maximum atomic E-state index is 10.8. The van der Waals surface area contributed by atoms with Crippen molar-refractivity contribution >= 4 is 5.97 Å². The standard InChI is InChI=1S/C13H8N2O3/c14-6-9-2-1-3-11(4-9)18-12-5-10(13(16)17)7-15-8-12/h1-5,7-8H,(H,16,17). The number of hydrogen-bond donors (Lipinski definition) is 1. The maximum Gasteiger partial charge on any atom is 0.337 e. The Balaban J connectivity index is 2.26. The summed E-state index contributed by atoms with van der Waals surface area (Å²) in [5.74, 6) is -0.304. The van der Waals surface area contributed by atoms with Crippen LogP contribution in [0.3, 0.4) is 0 Å². The number of hydrogen-bond acceptors (Lipinski definition) is 4. The first-order valence-electron chi connectivity index (χ1n) is 5.05. The predicted octanol–water partition coefficient (Wildman–Crippen LogP) is 2.44. The van der Waals surface area contributed by atoms with Crippen molar-refractivity contribution in [3.05, 3.63) is 53.9 Å². The van der Waals surface area contributed by atoms with E-state index in [-0.39, 0.29) is 5.56 Å². The van der Waals surface area contributed by atoms with Gasteiger partial charge in [-0.15, -0.1) is 0 Å². The molecule has 18 heavy (non-hydrogen) atoms. The smallest absolute Gasteiger partial charge is 0.337 e. The summed E-state index contributed by atoms with van der Waals surface area (Å²) in [6.45, 7) is 0. The highest BCUT2D eigenvalue weighted by atomic mass is 16.5. The highest BCUT2D eigenvalue weighted by molar-refractivity contribution is 5.87. The average molecular weight is 240 g/mol. The molecule has 0 atom stereocenters. The van der Waals surface area contributed by atoms with E-state index < -0.39 is 5.97 Å². The normalized spacial score (nSPS) is 9.50. The van der Waals surface area contributed by atoms with Gasteiger partial charge in [0.15, 0.2) is 0 Å². The Kier molecular flexibility index (Phi) is 3.21. The fraction of sp³-hybridized carbons (Fsp3) is 0. The topological polar surface area (TPSA) is 83.2 Å². The second-order valence-electron chi connectivity index (χ2n) is 3.46. The molecular weight excluding hydrogens is 232 g/mol. The van der Waals surface area contributed by atoms with Crippen molar-refractivity contribution in [3.8, 4) is 17.6 Å². The number of carbonyl (C=O) groups is 1. The average Bonchev–Trinajstić information content (AvgIpc) is 2.39. The molecule has 5 heteroatoms. The minimum Gasteiger partial charge on any atom is -0.478 e. The predicted molar refractivity (Wildman–Crippen MR) is 62.4 cm³/mol. The van der Waals surface area contributed by atoms with Gasteiger partial charge in [-0.1, -0.05) is 6.07 Å². The summed E-state index contributed by atoms with van der Waals surface area (Å²) < 4.78 is 5.43. The Bertz CT molecular complexity index is 632. The zero-order valence-electron chi connectivity index (χ0n) is 9.20. The molecule has 1 N–H and O–H groups in total. The Morgan fingerprint density at radius 3 is 2.83 bits per heavy atom. The minimum atomic E-state index is -1.07. The lowest BCUT2D eigenvalue weighted by molar-refractivity contribution is 0.0696. The van der Waals surface area contributed by atoms with Crippen LogP contribution in [-0.4, -0.2) is 16.1 Å². The van der Waals surface area contributed by atoms with Gasteiger partial charge in [0.25, 0.3) is 0 Å². The number of carboxylic acid groups (broad SMARTS) is 1. The van der Waals surface area contributed by atoms with Crippen molar-refractivity contribution in [3.63, 3.8) is 0 Å². The number of benzene rings is 1. The molecule has 1 heterocycles. The second-order valence-corrected chi connectivity index (χ2v) is 3.46. The first-order valence-corrected chi connectivity index (χ1v) is 5.05. The van der Waals surface area contributed by atoms with Crippen molar-refractivity contribution in [1.82, 2.24) is 4.98 Å². The molecular formula is C13H8N2O3. The third kappa shape index (κ3) is 2.62. The van der Waals surface area contributed by atoms with Crippen molar-refractivity contribution in [1.29, 1.82) is 5.26 Å². The molecule has 5 nitrogen and oxygen atoms in total. The number of ether oxygens (including phenoxy) is 1. The van der Waals surface area contributed by atoms with Gasteiger partial charge < -0.3 is 9.84 Å².